The maximum atomic E-state index is 12.7. The van der Waals surface area contributed by atoms with Crippen molar-refractivity contribution in [2.45, 2.75) is 6.42 Å². The molecule has 0 radical (unpaired) electrons. The van der Waals surface area contributed by atoms with Crippen LogP contribution in [0.5, 0.6) is 6.01 Å². The summed E-state index contributed by atoms with van der Waals surface area (Å²) >= 11 is 0. The van der Waals surface area contributed by atoms with E-state index < -0.39 is 5.41 Å². The number of ether oxygens (including phenoxy) is 2. The molecule has 2 atom stereocenters. The van der Waals surface area contributed by atoms with Gasteiger partial charge in [-0.3, -0.25) is 9.59 Å². The van der Waals surface area contributed by atoms with Gasteiger partial charge >= 0.3 is 6.01 Å². The molecule has 8 nitrogen and oxygen atoms in total. The van der Waals surface area contributed by atoms with Crippen LogP contribution >= 0.6 is 0 Å². The van der Waals surface area contributed by atoms with Crippen LogP contribution in [-0.2, 0) is 9.53 Å². The van der Waals surface area contributed by atoms with Crippen molar-refractivity contribution < 1.29 is 19.1 Å². The highest BCUT2D eigenvalue weighted by Gasteiger charge is 2.54. The molecule has 2 aliphatic heterocycles. The van der Waals surface area contributed by atoms with Crippen LogP contribution in [-0.4, -0.2) is 67.1 Å². The Kier molecular flexibility index (Phi) is 4.16. The molecular formula is C15H20N4O4. The molecule has 23 heavy (non-hydrogen) atoms. The fourth-order valence-corrected chi connectivity index (χ4v) is 3.44. The number of methoxy groups -OCH3 is 1. The molecule has 1 aromatic rings. The summed E-state index contributed by atoms with van der Waals surface area (Å²) in [6.07, 6.45) is 3.51. The number of amides is 2. The van der Waals surface area contributed by atoms with Crippen molar-refractivity contribution in [2.24, 2.45) is 11.3 Å². The Morgan fingerprint density at radius 3 is 2.83 bits per heavy atom. The molecule has 0 unspecified atom stereocenters. The second-order valence-corrected chi connectivity index (χ2v) is 5.90. The van der Waals surface area contributed by atoms with E-state index in [0.29, 0.717) is 38.3 Å². The van der Waals surface area contributed by atoms with Crippen LogP contribution in [0.2, 0.25) is 0 Å². The molecule has 0 saturated carbocycles. The summed E-state index contributed by atoms with van der Waals surface area (Å²) in [5.74, 6) is -0.184. The summed E-state index contributed by atoms with van der Waals surface area (Å²) in [7, 11) is 3.10. The Labute approximate surface area is 134 Å². The number of carbonyl (C=O) groups excluding carboxylic acids is 2. The minimum Gasteiger partial charge on any atom is -0.467 e. The first-order chi connectivity index (χ1) is 11.1. The number of aromatic nitrogens is 2. The van der Waals surface area contributed by atoms with Gasteiger partial charge in [-0.25, -0.2) is 9.97 Å². The van der Waals surface area contributed by atoms with E-state index >= 15 is 0 Å². The second kappa shape index (κ2) is 6.11. The summed E-state index contributed by atoms with van der Waals surface area (Å²) in [5.41, 5.74) is -0.173. The van der Waals surface area contributed by atoms with Crippen molar-refractivity contribution in [3.8, 4) is 6.01 Å². The third kappa shape index (κ3) is 2.63. The predicted molar refractivity (Wildman–Crippen MR) is 79.9 cm³/mol. The molecule has 1 aromatic heterocycles. The number of hydrogen-bond acceptors (Lipinski definition) is 6. The lowest BCUT2D eigenvalue weighted by Gasteiger charge is -2.36. The van der Waals surface area contributed by atoms with Crippen LogP contribution in [0.15, 0.2) is 12.4 Å². The van der Waals surface area contributed by atoms with Crippen LogP contribution in [0.4, 0.5) is 0 Å². The van der Waals surface area contributed by atoms with Crippen molar-refractivity contribution in [2.75, 3.05) is 40.5 Å². The van der Waals surface area contributed by atoms with Crippen LogP contribution < -0.4 is 10.1 Å². The molecule has 3 rings (SSSR count). The Balaban J connectivity index is 1.81. The number of hydrogen-bond donors (Lipinski definition) is 1. The standard InChI is InChI=1S/C15H20N4O4/c1-16-13(21)15-3-4-23-8-11(15)7-19(9-15)12(20)10-5-17-14(22-2)18-6-10/h5-6,11H,3-4,7-9H2,1-2H3,(H,16,21)/t11-,15+/m1/s1. The number of rotatable bonds is 3. The van der Waals surface area contributed by atoms with E-state index in [1.807, 2.05) is 0 Å². The lowest BCUT2D eigenvalue weighted by molar-refractivity contribution is -0.138. The smallest absolute Gasteiger partial charge is 0.316 e. The Bertz CT molecular complexity index is 606. The lowest BCUT2D eigenvalue weighted by atomic mass is 9.73. The molecule has 8 heteroatoms. The quantitative estimate of drug-likeness (QED) is 0.822. The van der Waals surface area contributed by atoms with Gasteiger partial charge in [0.15, 0.2) is 0 Å². The number of nitrogens with zero attached hydrogens (tertiary/aromatic N) is 3. The summed E-state index contributed by atoms with van der Waals surface area (Å²) in [6.45, 7) is 1.93. The molecule has 0 aliphatic carbocycles. The highest BCUT2D eigenvalue weighted by Crippen LogP contribution is 2.42. The van der Waals surface area contributed by atoms with E-state index in [9.17, 15) is 9.59 Å². The third-order valence-corrected chi connectivity index (χ3v) is 4.73. The van der Waals surface area contributed by atoms with Crippen molar-refractivity contribution in [1.29, 1.82) is 0 Å². The van der Waals surface area contributed by atoms with Gasteiger partial charge in [0.1, 0.15) is 0 Å². The van der Waals surface area contributed by atoms with Gasteiger partial charge in [0.2, 0.25) is 5.91 Å². The summed E-state index contributed by atoms with van der Waals surface area (Å²) in [4.78, 5) is 34.7. The molecule has 124 valence electrons. The first kappa shape index (κ1) is 15.7. The number of likely N-dealkylation sites (tertiary alicyclic amines) is 1. The average Bonchev–Trinajstić information content (AvgIpc) is 3.01. The van der Waals surface area contributed by atoms with E-state index in [0.717, 1.165) is 0 Å². The molecule has 2 amide bonds. The van der Waals surface area contributed by atoms with Gasteiger partial charge in [0.05, 0.1) is 24.7 Å². The lowest BCUT2D eigenvalue weighted by Crippen LogP contribution is -2.49. The van der Waals surface area contributed by atoms with Crippen molar-refractivity contribution in [1.82, 2.24) is 20.2 Å². The Hall–Kier alpha value is -2.22. The summed E-state index contributed by atoms with van der Waals surface area (Å²) in [6, 6.07) is 0.215. The fourth-order valence-electron chi connectivity index (χ4n) is 3.44. The van der Waals surface area contributed by atoms with Gasteiger partial charge in [-0.05, 0) is 6.42 Å². The normalized spacial score (nSPS) is 26.5. The Morgan fingerprint density at radius 1 is 1.43 bits per heavy atom. The SMILES string of the molecule is CNC(=O)[C@]12CCOC[C@H]1CN(C(=O)c1cnc(OC)nc1)C2. The van der Waals surface area contributed by atoms with Gasteiger partial charge in [-0.1, -0.05) is 0 Å². The van der Waals surface area contributed by atoms with Crippen molar-refractivity contribution in [3.05, 3.63) is 18.0 Å². The minimum atomic E-state index is -0.560. The molecule has 0 aromatic carbocycles. The van der Waals surface area contributed by atoms with Crippen LogP contribution in [0, 0.1) is 11.3 Å². The topological polar surface area (TPSA) is 93.7 Å². The van der Waals surface area contributed by atoms with Gasteiger partial charge in [-0.15, -0.1) is 0 Å². The van der Waals surface area contributed by atoms with Crippen molar-refractivity contribution in [3.63, 3.8) is 0 Å². The van der Waals surface area contributed by atoms with E-state index in [1.54, 1.807) is 11.9 Å². The maximum Gasteiger partial charge on any atom is 0.316 e. The molecule has 1 N–H and O–H groups in total. The van der Waals surface area contributed by atoms with E-state index in [-0.39, 0.29) is 23.7 Å². The highest BCUT2D eigenvalue weighted by molar-refractivity contribution is 5.95. The zero-order valence-electron chi connectivity index (χ0n) is 13.2. The van der Waals surface area contributed by atoms with E-state index in [1.165, 1.54) is 19.5 Å². The highest BCUT2D eigenvalue weighted by atomic mass is 16.5. The molecular weight excluding hydrogens is 300 g/mol. The van der Waals surface area contributed by atoms with Gasteiger partial charge < -0.3 is 19.7 Å². The molecule has 3 heterocycles. The molecule has 2 fully saturated rings. The van der Waals surface area contributed by atoms with Crippen LogP contribution in [0.3, 0.4) is 0 Å². The molecule has 2 aliphatic rings. The number of nitrogens with one attached hydrogen (secondary N) is 1. The molecule has 0 bridgehead atoms. The Morgan fingerprint density at radius 2 is 2.17 bits per heavy atom. The van der Waals surface area contributed by atoms with Gasteiger partial charge in [-0.2, -0.15) is 0 Å². The van der Waals surface area contributed by atoms with Crippen LogP contribution in [0.25, 0.3) is 0 Å². The van der Waals surface area contributed by atoms with Crippen LogP contribution in [0.1, 0.15) is 16.8 Å². The largest absolute Gasteiger partial charge is 0.467 e. The number of fused-ring (bicyclic) bond motifs is 1. The fraction of sp³-hybridized carbons (Fsp3) is 0.600. The summed E-state index contributed by atoms with van der Waals surface area (Å²) < 4.78 is 10.4. The van der Waals surface area contributed by atoms with E-state index in [4.69, 9.17) is 9.47 Å². The molecule has 0 spiro atoms. The maximum absolute atomic E-state index is 12.7. The first-order valence-electron chi connectivity index (χ1n) is 7.56. The molecule has 2 saturated heterocycles. The number of carbonyl (C=O) groups is 2. The zero-order chi connectivity index (χ0) is 16.4. The van der Waals surface area contributed by atoms with Gasteiger partial charge in [0, 0.05) is 45.1 Å². The first-order valence-corrected chi connectivity index (χ1v) is 7.56. The van der Waals surface area contributed by atoms with E-state index in [2.05, 4.69) is 15.3 Å². The third-order valence-electron chi connectivity index (χ3n) is 4.73. The minimum absolute atomic E-state index is 0.0133. The monoisotopic (exact) mass is 320 g/mol. The average molecular weight is 320 g/mol. The predicted octanol–water partition coefficient (Wildman–Crippen LogP) is -0.290. The zero-order valence-corrected chi connectivity index (χ0v) is 13.2. The van der Waals surface area contributed by atoms with Gasteiger partial charge in [0.25, 0.3) is 5.91 Å². The second-order valence-electron chi connectivity index (χ2n) is 5.90. The van der Waals surface area contributed by atoms with Crippen molar-refractivity contribution >= 4 is 11.8 Å². The summed E-state index contributed by atoms with van der Waals surface area (Å²) in [5, 5.41) is 2.74.